The molecule has 2 fully saturated rings. The normalized spacial score (nSPS) is 22.5. The van der Waals surface area contributed by atoms with Gasteiger partial charge in [0.05, 0.1) is 17.1 Å². The van der Waals surface area contributed by atoms with Gasteiger partial charge in [-0.2, -0.15) is 17.5 Å². The summed E-state index contributed by atoms with van der Waals surface area (Å²) >= 11 is 0. The highest BCUT2D eigenvalue weighted by Gasteiger charge is 2.42. The van der Waals surface area contributed by atoms with Gasteiger partial charge in [0.2, 0.25) is 10.0 Å². The Morgan fingerprint density at radius 1 is 1.12 bits per heavy atom. The molecule has 2 aromatic carbocycles. The number of sulfonamides is 1. The van der Waals surface area contributed by atoms with E-state index in [2.05, 4.69) is 4.98 Å². The molecule has 0 unspecified atom stereocenters. The first-order valence-electron chi connectivity index (χ1n) is 10.6. The number of alkyl halides is 3. The number of aromatic nitrogens is 1. The number of nitrogens with zero attached hydrogens (tertiary/aromatic N) is 3. The van der Waals surface area contributed by atoms with Crippen molar-refractivity contribution in [2.45, 2.75) is 49.5 Å². The van der Waals surface area contributed by atoms with Gasteiger partial charge in [0.1, 0.15) is 11.3 Å². The smallest absolute Gasteiger partial charge is 0.416 e. The average molecular weight is 481 g/mol. The predicted octanol–water partition coefficient (Wildman–Crippen LogP) is 4.38. The lowest BCUT2D eigenvalue weighted by Crippen LogP contribution is -2.53. The van der Waals surface area contributed by atoms with Gasteiger partial charge in [-0.15, -0.1) is 0 Å². The Bertz CT molecular complexity index is 1290. The molecule has 5 rings (SSSR count). The average Bonchev–Trinajstić information content (AvgIpc) is 3.35. The Kier molecular flexibility index (Phi) is 5.37. The van der Waals surface area contributed by atoms with E-state index in [9.17, 15) is 21.6 Å². The van der Waals surface area contributed by atoms with Crippen LogP contribution in [0, 0.1) is 6.92 Å². The number of aryl methyl sites for hydroxylation is 1. The number of fused-ring (bicyclic) bond motifs is 2. The molecule has 2 atom stereocenters. The quantitative estimate of drug-likeness (QED) is 0.551. The fraction of sp³-hybridized carbons (Fsp3) is 0.409. The Hall–Kier alpha value is -2.63. The highest BCUT2D eigenvalue weighted by Crippen LogP contribution is 2.35. The molecule has 0 aliphatic carbocycles. The van der Waals surface area contributed by atoms with E-state index in [1.54, 1.807) is 25.1 Å². The number of hydrogen-bond acceptors (Lipinski definition) is 6. The second-order valence-electron chi connectivity index (χ2n) is 8.32. The standard InChI is InChI=1S/C22H22F3N3O4S/c1-14-26-19-7-6-17(12-20(19)31-14)32-21-8-5-16-9-10-27(13-28(16)21)33(29,30)18-4-2-3-15(11-18)22(23,24)25/h2-4,6-7,11-12,16,21H,5,8-10,13H2,1H3/t16-,21-/m0/s1. The minimum absolute atomic E-state index is 0.0531. The first kappa shape index (κ1) is 22.2. The monoisotopic (exact) mass is 481 g/mol. The van der Waals surface area contributed by atoms with Crippen LogP contribution in [0.2, 0.25) is 0 Å². The number of hydrogen-bond donors (Lipinski definition) is 0. The molecule has 0 spiro atoms. The van der Waals surface area contributed by atoms with Crippen LogP contribution in [0.15, 0.2) is 51.8 Å². The molecule has 33 heavy (non-hydrogen) atoms. The summed E-state index contributed by atoms with van der Waals surface area (Å²) in [5.74, 6) is 1.14. The van der Waals surface area contributed by atoms with Gasteiger partial charge in [-0.25, -0.2) is 13.4 Å². The third-order valence-corrected chi connectivity index (χ3v) is 7.98. The predicted molar refractivity (Wildman–Crippen MR) is 113 cm³/mol. The van der Waals surface area contributed by atoms with Crippen molar-refractivity contribution in [2.75, 3.05) is 13.2 Å². The van der Waals surface area contributed by atoms with Crippen LogP contribution in [0.1, 0.15) is 30.7 Å². The number of oxazole rings is 1. The molecular weight excluding hydrogens is 459 g/mol. The summed E-state index contributed by atoms with van der Waals surface area (Å²) in [7, 11) is -4.09. The van der Waals surface area contributed by atoms with E-state index in [4.69, 9.17) is 9.15 Å². The number of ether oxygens (including phenoxy) is 1. The minimum atomic E-state index is -4.62. The zero-order chi connectivity index (χ0) is 23.4. The first-order chi connectivity index (χ1) is 15.6. The van der Waals surface area contributed by atoms with Crippen LogP contribution < -0.4 is 4.74 Å². The largest absolute Gasteiger partial charge is 0.475 e. The van der Waals surface area contributed by atoms with E-state index in [0.29, 0.717) is 29.7 Å². The molecule has 0 N–H and O–H groups in total. The van der Waals surface area contributed by atoms with Gasteiger partial charge in [0.25, 0.3) is 0 Å². The number of halogens is 3. The second-order valence-corrected chi connectivity index (χ2v) is 10.3. The first-order valence-corrected chi connectivity index (χ1v) is 12.0. The molecule has 3 heterocycles. The van der Waals surface area contributed by atoms with Crippen LogP contribution in [0.5, 0.6) is 5.75 Å². The van der Waals surface area contributed by atoms with Crippen molar-refractivity contribution < 1.29 is 30.7 Å². The summed E-state index contributed by atoms with van der Waals surface area (Å²) in [4.78, 5) is 5.86. The van der Waals surface area contributed by atoms with Crippen molar-refractivity contribution in [3.8, 4) is 5.75 Å². The fourth-order valence-corrected chi connectivity index (χ4v) is 5.98. The maximum Gasteiger partial charge on any atom is 0.416 e. The van der Waals surface area contributed by atoms with Crippen LogP contribution in [-0.2, 0) is 16.2 Å². The van der Waals surface area contributed by atoms with Crippen molar-refractivity contribution in [3.05, 3.63) is 53.9 Å². The zero-order valence-electron chi connectivity index (χ0n) is 17.7. The molecule has 0 bridgehead atoms. The molecule has 7 nitrogen and oxygen atoms in total. The highest BCUT2D eigenvalue weighted by molar-refractivity contribution is 7.89. The second kappa shape index (κ2) is 8.00. The van der Waals surface area contributed by atoms with E-state index >= 15 is 0 Å². The van der Waals surface area contributed by atoms with Gasteiger partial charge >= 0.3 is 6.18 Å². The summed E-state index contributed by atoms with van der Waals surface area (Å²) < 4.78 is 78.5. The summed E-state index contributed by atoms with van der Waals surface area (Å²) in [6.07, 6.45) is -2.81. The lowest BCUT2D eigenvalue weighted by molar-refractivity contribution is -0.137. The maximum absolute atomic E-state index is 13.1. The SMILES string of the molecule is Cc1nc2ccc(O[C@H]3CC[C@H]4CCN(S(=O)(=O)c5cccc(C(F)(F)F)c5)CN43)cc2o1. The lowest BCUT2D eigenvalue weighted by atomic mass is 10.1. The Balaban J connectivity index is 1.35. The van der Waals surface area contributed by atoms with Gasteiger partial charge in [-0.1, -0.05) is 6.07 Å². The van der Waals surface area contributed by atoms with Crippen molar-refractivity contribution >= 4 is 21.1 Å². The third-order valence-electron chi connectivity index (χ3n) is 6.16. The molecule has 2 aliphatic rings. The van der Waals surface area contributed by atoms with Crippen LogP contribution in [0.4, 0.5) is 13.2 Å². The van der Waals surface area contributed by atoms with Crippen molar-refractivity contribution in [2.24, 2.45) is 0 Å². The van der Waals surface area contributed by atoms with Gasteiger partial charge < -0.3 is 9.15 Å². The number of benzene rings is 2. The molecule has 0 saturated carbocycles. The zero-order valence-corrected chi connectivity index (χ0v) is 18.6. The minimum Gasteiger partial charge on any atom is -0.475 e. The van der Waals surface area contributed by atoms with Gasteiger partial charge in [0.15, 0.2) is 17.7 Å². The molecule has 3 aromatic rings. The summed E-state index contributed by atoms with van der Waals surface area (Å²) in [6.45, 7) is 2.06. The topological polar surface area (TPSA) is 75.9 Å². The van der Waals surface area contributed by atoms with Gasteiger partial charge in [0, 0.05) is 25.6 Å². The molecule has 2 saturated heterocycles. The third kappa shape index (κ3) is 4.20. The van der Waals surface area contributed by atoms with Crippen LogP contribution in [-0.4, -0.2) is 48.1 Å². The summed E-state index contributed by atoms with van der Waals surface area (Å²) in [5.41, 5.74) is 0.339. The molecule has 0 radical (unpaired) electrons. The van der Waals surface area contributed by atoms with E-state index in [-0.39, 0.29) is 30.4 Å². The van der Waals surface area contributed by atoms with Crippen molar-refractivity contribution in [1.82, 2.24) is 14.2 Å². The molecule has 0 amide bonds. The van der Waals surface area contributed by atoms with Crippen molar-refractivity contribution in [1.29, 1.82) is 0 Å². The van der Waals surface area contributed by atoms with Gasteiger partial charge in [-0.05, 0) is 49.6 Å². The fourth-order valence-electron chi connectivity index (χ4n) is 4.52. The Labute approximate surface area is 188 Å². The lowest BCUT2D eigenvalue weighted by Gasteiger charge is -2.39. The summed E-state index contributed by atoms with van der Waals surface area (Å²) in [6, 6.07) is 9.36. The highest BCUT2D eigenvalue weighted by atomic mass is 32.2. The molecule has 176 valence electrons. The van der Waals surface area contributed by atoms with Gasteiger partial charge in [-0.3, -0.25) is 4.90 Å². The number of rotatable bonds is 4. The molecule has 1 aromatic heterocycles. The van der Waals surface area contributed by atoms with E-state index in [0.717, 1.165) is 30.5 Å². The Morgan fingerprint density at radius 3 is 2.73 bits per heavy atom. The van der Waals surface area contributed by atoms with Crippen molar-refractivity contribution in [3.63, 3.8) is 0 Å². The van der Waals surface area contributed by atoms with E-state index in [1.807, 2.05) is 4.90 Å². The van der Waals surface area contributed by atoms with Crippen LogP contribution in [0.25, 0.3) is 11.1 Å². The maximum atomic E-state index is 13.1. The Morgan fingerprint density at radius 2 is 1.94 bits per heavy atom. The molecule has 2 aliphatic heterocycles. The molecular formula is C22H22F3N3O4S. The van der Waals surface area contributed by atoms with E-state index in [1.165, 1.54) is 10.4 Å². The molecule has 11 heteroatoms. The van der Waals surface area contributed by atoms with Crippen LogP contribution >= 0.6 is 0 Å². The summed E-state index contributed by atoms with van der Waals surface area (Å²) in [5, 5.41) is 0. The van der Waals surface area contributed by atoms with Crippen LogP contribution in [0.3, 0.4) is 0 Å². The van der Waals surface area contributed by atoms with E-state index < -0.39 is 21.8 Å².